The van der Waals surface area contributed by atoms with E-state index in [1.54, 1.807) is 13.8 Å². The van der Waals surface area contributed by atoms with Crippen molar-refractivity contribution in [2.75, 3.05) is 0 Å². The van der Waals surface area contributed by atoms with Crippen molar-refractivity contribution in [3.63, 3.8) is 0 Å². The third kappa shape index (κ3) is 5.00. The molecule has 0 aromatic rings. The van der Waals surface area contributed by atoms with Crippen molar-refractivity contribution in [3.8, 4) is 0 Å². The van der Waals surface area contributed by atoms with Gasteiger partial charge in [0.25, 0.3) is 0 Å². The number of carbonyl (C=O) groups is 2. The first kappa shape index (κ1) is 14.7. The molecule has 0 saturated heterocycles. The molecule has 0 rings (SSSR count). The summed E-state index contributed by atoms with van der Waals surface area (Å²) in [6.45, 7) is 11.0. The number of hydrogen-bond donors (Lipinski definition) is 2. The van der Waals surface area contributed by atoms with Crippen molar-refractivity contribution in [2.24, 2.45) is 0 Å². The van der Waals surface area contributed by atoms with Crippen LogP contribution in [-0.4, -0.2) is 35.1 Å². The molecule has 5 heteroatoms. The molecule has 0 heterocycles. The molecular weight excluding hydrogens is 206 g/mol. The molecule has 0 saturated carbocycles. The Morgan fingerprint density at radius 2 is 1.12 bits per heavy atom. The molecular formula is C11H23N3O2. The van der Waals surface area contributed by atoms with E-state index in [0.29, 0.717) is 0 Å². The standard InChI is InChI=1S/C11H23N3O2/c1-7(2)12-10(15)14(9(5)6)11(16)13-8(3)4/h7-9H,1-6H3,(H,12,15)(H,13,16). The van der Waals surface area contributed by atoms with E-state index in [0.717, 1.165) is 0 Å². The van der Waals surface area contributed by atoms with Gasteiger partial charge in [-0.15, -0.1) is 0 Å². The third-order valence-electron chi connectivity index (χ3n) is 1.78. The molecule has 0 unspecified atom stereocenters. The zero-order chi connectivity index (χ0) is 12.9. The SMILES string of the molecule is CC(C)NC(=O)N(C(=O)NC(C)C)C(C)C. The summed E-state index contributed by atoms with van der Waals surface area (Å²) in [5.41, 5.74) is 0. The van der Waals surface area contributed by atoms with E-state index in [1.807, 2.05) is 27.7 Å². The van der Waals surface area contributed by atoms with Gasteiger partial charge in [0.2, 0.25) is 0 Å². The summed E-state index contributed by atoms with van der Waals surface area (Å²) in [5, 5.41) is 5.41. The van der Waals surface area contributed by atoms with E-state index in [2.05, 4.69) is 10.6 Å². The molecule has 0 aliphatic rings. The number of imide groups is 1. The van der Waals surface area contributed by atoms with E-state index in [4.69, 9.17) is 0 Å². The van der Waals surface area contributed by atoms with Gasteiger partial charge in [0.15, 0.2) is 0 Å². The van der Waals surface area contributed by atoms with Crippen LogP contribution in [0.2, 0.25) is 0 Å². The maximum atomic E-state index is 11.8. The van der Waals surface area contributed by atoms with Crippen LogP contribution in [0.25, 0.3) is 0 Å². The largest absolute Gasteiger partial charge is 0.335 e. The fraction of sp³-hybridized carbons (Fsp3) is 0.818. The predicted molar refractivity (Wildman–Crippen MR) is 64.3 cm³/mol. The number of nitrogens with zero attached hydrogens (tertiary/aromatic N) is 1. The lowest BCUT2D eigenvalue weighted by molar-refractivity contribution is 0.172. The molecule has 0 aromatic carbocycles. The average Bonchev–Trinajstić information content (AvgIpc) is 1.98. The normalized spacial score (nSPS) is 10.8. The van der Waals surface area contributed by atoms with Gasteiger partial charge in [0.05, 0.1) is 0 Å². The lowest BCUT2D eigenvalue weighted by Gasteiger charge is -2.27. The zero-order valence-corrected chi connectivity index (χ0v) is 11.0. The Labute approximate surface area is 97.6 Å². The molecule has 16 heavy (non-hydrogen) atoms. The topological polar surface area (TPSA) is 61.4 Å². The molecule has 0 radical (unpaired) electrons. The maximum absolute atomic E-state index is 11.8. The van der Waals surface area contributed by atoms with Gasteiger partial charge in [-0.1, -0.05) is 0 Å². The Kier molecular flexibility index (Phi) is 5.85. The smallest absolute Gasteiger partial charge is 0.325 e. The number of hydrogen-bond acceptors (Lipinski definition) is 2. The highest BCUT2D eigenvalue weighted by Gasteiger charge is 2.24. The van der Waals surface area contributed by atoms with Gasteiger partial charge >= 0.3 is 12.1 Å². The van der Waals surface area contributed by atoms with E-state index in [-0.39, 0.29) is 30.2 Å². The minimum atomic E-state index is -0.358. The van der Waals surface area contributed by atoms with Crippen LogP contribution >= 0.6 is 0 Å². The molecule has 94 valence electrons. The van der Waals surface area contributed by atoms with E-state index in [9.17, 15) is 9.59 Å². The van der Waals surface area contributed by atoms with Crippen molar-refractivity contribution in [3.05, 3.63) is 0 Å². The first-order valence-corrected chi connectivity index (χ1v) is 5.66. The van der Waals surface area contributed by atoms with Crippen molar-refractivity contribution in [1.82, 2.24) is 15.5 Å². The molecule has 0 aromatic heterocycles. The summed E-state index contributed by atoms with van der Waals surface area (Å²) in [6, 6.07) is -0.856. The minimum Gasteiger partial charge on any atom is -0.335 e. The Bertz CT molecular complexity index is 228. The molecule has 5 nitrogen and oxygen atoms in total. The number of carbonyl (C=O) groups excluding carboxylic acids is 2. The fourth-order valence-corrected chi connectivity index (χ4v) is 1.19. The fourth-order valence-electron chi connectivity index (χ4n) is 1.19. The van der Waals surface area contributed by atoms with Crippen LogP contribution in [0.15, 0.2) is 0 Å². The zero-order valence-electron chi connectivity index (χ0n) is 11.0. The predicted octanol–water partition coefficient (Wildman–Crippen LogP) is 1.93. The molecule has 0 bridgehead atoms. The summed E-state index contributed by atoms with van der Waals surface area (Å²) in [5.74, 6) is 0. The van der Waals surface area contributed by atoms with Crippen molar-refractivity contribution in [2.45, 2.75) is 59.7 Å². The molecule has 0 fully saturated rings. The number of urea groups is 2. The highest BCUT2D eigenvalue weighted by atomic mass is 16.2. The second-order valence-corrected chi connectivity index (χ2v) is 4.67. The lowest BCUT2D eigenvalue weighted by atomic mass is 10.3. The highest BCUT2D eigenvalue weighted by molar-refractivity contribution is 5.94. The van der Waals surface area contributed by atoms with Crippen LogP contribution in [0.1, 0.15) is 41.5 Å². The monoisotopic (exact) mass is 229 g/mol. The van der Waals surface area contributed by atoms with E-state index in [1.165, 1.54) is 4.90 Å². The second-order valence-electron chi connectivity index (χ2n) is 4.67. The van der Waals surface area contributed by atoms with Crippen LogP contribution < -0.4 is 10.6 Å². The van der Waals surface area contributed by atoms with Crippen molar-refractivity contribution < 1.29 is 9.59 Å². The van der Waals surface area contributed by atoms with Gasteiger partial charge in [-0.3, -0.25) is 0 Å². The Morgan fingerprint density at radius 3 is 1.31 bits per heavy atom. The molecule has 0 atom stereocenters. The van der Waals surface area contributed by atoms with Crippen LogP contribution in [0, 0.1) is 0 Å². The Morgan fingerprint density at radius 1 is 0.812 bits per heavy atom. The Hall–Kier alpha value is -1.26. The van der Waals surface area contributed by atoms with Crippen LogP contribution in [0.4, 0.5) is 9.59 Å². The van der Waals surface area contributed by atoms with Crippen molar-refractivity contribution in [1.29, 1.82) is 0 Å². The van der Waals surface area contributed by atoms with E-state index < -0.39 is 0 Å². The summed E-state index contributed by atoms with van der Waals surface area (Å²) in [4.78, 5) is 24.7. The second kappa shape index (κ2) is 6.35. The first-order valence-electron chi connectivity index (χ1n) is 5.66. The van der Waals surface area contributed by atoms with Crippen LogP contribution in [0.5, 0.6) is 0 Å². The molecule has 4 amide bonds. The minimum absolute atomic E-state index is 0.0144. The molecule has 0 aliphatic carbocycles. The number of rotatable bonds is 3. The van der Waals surface area contributed by atoms with Crippen LogP contribution in [0.3, 0.4) is 0 Å². The Balaban J connectivity index is 4.60. The lowest BCUT2D eigenvalue weighted by Crippen LogP contribution is -2.54. The highest BCUT2D eigenvalue weighted by Crippen LogP contribution is 2.01. The van der Waals surface area contributed by atoms with Crippen molar-refractivity contribution >= 4 is 12.1 Å². The van der Waals surface area contributed by atoms with Gasteiger partial charge in [0, 0.05) is 18.1 Å². The van der Waals surface area contributed by atoms with Gasteiger partial charge in [0.1, 0.15) is 0 Å². The van der Waals surface area contributed by atoms with Gasteiger partial charge < -0.3 is 10.6 Å². The molecule has 0 spiro atoms. The summed E-state index contributed by atoms with van der Waals surface area (Å²) in [6.07, 6.45) is 0. The summed E-state index contributed by atoms with van der Waals surface area (Å²) >= 11 is 0. The average molecular weight is 229 g/mol. The summed E-state index contributed by atoms with van der Waals surface area (Å²) in [7, 11) is 0. The quantitative estimate of drug-likeness (QED) is 0.776. The third-order valence-corrected chi connectivity index (χ3v) is 1.78. The van der Waals surface area contributed by atoms with Crippen LogP contribution in [-0.2, 0) is 0 Å². The summed E-state index contributed by atoms with van der Waals surface area (Å²) < 4.78 is 0. The number of amides is 4. The van der Waals surface area contributed by atoms with Gasteiger partial charge in [-0.2, -0.15) is 0 Å². The molecule has 2 N–H and O–H groups in total. The van der Waals surface area contributed by atoms with E-state index >= 15 is 0 Å². The van der Waals surface area contributed by atoms with Gasteiger partial charge in [-0.25, -0.2) is 14.5 Å². The van der Waals surface area contributed by atoms with Gasteiger partial charge in [-0.05, 0) is 41.5 Å². The number of nitrogens with one attached hydrogen (secondary N) is 2. The molecule has 0 aliphatic heterocycles. The maximum Gasteiger partial charge on any atom is 0.325 e. The first-order chi connectivity index (χ1) is 7.25.